The molecule has 0 saturated heterocycles. The second-order valence-corrected chi connectivity index (χ2v) is 6.55. The van der Waals surface area contributed by atoms with Gasteiger partial charge in [0.1, 0.15) is 0 Å². The summed E-state index contributed by atoms with van der Waals surface area (Å²) in [7, 11) is 3.77. The van der Waals surface area contributed by atoms with Crippen molar-refractivity contribution < 1.29 is 14.7 Å². The van der Waals surface area contributed by atoms with Gasteiger partial charge in [-0.25, -0.2) is 4.90 Å². The molecule has 0 fully saturated rings. The number of rotatable bonds is 3. The average Bonchev–Trinajstić information content (AvgIpc) is 2.78. The maximum Gasteiger partial charge on any atom is 0.301 e. The largest absolute Gasteiger partial charge is 0.502 e. The van der Waals surface area contributed by atoms with Crippen molar-refractivity contribution in [1.29, 1.82) is 0 Å². The van der Waals surface area contributed by atoms with E-state index in [2.05, 4.69) is 0 Å². The molecule has 1 N–H and O–H groups in total. The summed E-state index contributed by atoms with van der Waals surface area (Å²) in [6.45, 7) is 0. The number of amides is 2. The van der Waals surface area contributed by atoms with Crippen LogP contribution in [0.25, 0.3) is 5.57 Å². The van der Waals surface area contributed by atoms with Crippen LogP contribution in [0.15, 0.2) is 48.2 Å². The molecule has 0 spiro atoms. The van der Waals surface area contributed by atoms with E-state index in [9.17, 15) is 14.7 Å². The van der Waals surface area contributed by atoms with Gasteiger partial charge in [0.05, 0.1) is 16.3 Å². The molecule has 0 saturated carbocycles. The molecule has 7 heteroatoms. The van der Waals surface area contributed by atoms with Gasteiger partial charge in [0.25, 0.3) is 5.91 Å². The molecule has 0 radical (unpaired) electrons. The van der Waals surface area contributed by atoms with Crippen LogP contribution in [-0.2, 0) is 9.59 Å². The van der Waals surface area contributed by atoms with Crippen LogP contribution in [0.4, 0.5) is 11.4 Å². The van der Waals surface area contributed by atoms with Gasteiger partial charge in [-0.2, -0.15) is 0 Å². The first-order chi connectivity index (χ1) is 11.8. The van der Waals surface area contributed by atoms with Gasteiger partial charge < -0.3 is 10.0 Å². The van der Waals surface area contributed by atoms with Gasteiger partial charge in [0.2, 0.25) is 0 Å². The molecule has 2 amide bonds. The van der Waals surface area contributed by atoms with E-state index in [1.165, 1.54) is 18.2 Å². The molecule has 0 atom stereocenters. The van der Waals surface area contributed by atoms with E-state index in [0.717, 1.165) is 10.6 Å². The third-order valence-electron chi connectivity index (χ3n) is 3.88. The van der Waals surface area contributed by atoms with E-state index < -0.39 is 17.6 Å². The molecule has 25 heavy (non-hydrogen) atoms. The van der Waals surface area contributed by atoms with Crippen molar-refractivity contribution in [2.24, 2.45) is 0 Å². The highest BCUT2D eigenvalue weighted by Gasteiger charge is 2.40. The predicted molar refractivity (Wildman–Crippen MR) is 99.3 cm³/mol. The van der Waals surface area contributed by atoms with E-state index in [0.29, 0.717) is 10.7 Å². The molecule has 0 aliphatic carbocycles. The molecule has 0 aromatic heterocycles. The Morgan fingerprint density at radius 1 is 0.960 bits per heavy atom. The van der Waals surface area contributed by atoms with Crippen molar-refractivity contribution in [3.05, 3.63) is 63.8 Å². The maximum absolute atomic E-state index is 12.8. The number of halogens is 2. The van der Waals surface area contributed by atoms with Crippen molar-refractivity contribution >= 4 is 52.0 Å². The predicted octanol–water partition coefficient (Wildman–Crippen LogP) is 3.90. The van der Waals surface area contributed by atoms with Crippen LogP contribution in [0, 0.1) is 0 Å². The van der Waals surface area contributed by atoms with E-state index in [4.69, 9.17) is 23.2 Å². The number of benzene rings is 2. The van der Waals surface area contributed by atoms with Gasteiger partial charge in [0.15, 0.2) is 5.76 Å². The number of hydrogen-bond donors (Lipinski definition) is 1. The summed E-state index contributed by atoms with van der Waals surface area (Å²) in [4.78, 5) is 28.0. The molecule has 0 bridgehead atoms. The van der Waals surface area contributed by atoms with Crippen LogP contribution in [0.5, 0.6) is 0 Å². The molecular weight excluding hydrogens is 363 g/mol. The minimum atomic E-state index is -0.788. The first kappa shape index (κ1) is 17.3. The van der Waals surface area contributed by atoms with E-state index in [1.54, 1.807) is 24.3 Å². The molecule has 2 aromatic rings. The van der Waals surface area contributed by atoms with E-state index >= 15 is 0 Å². The third kappa shape index (κ3) is 2.97. The highest BCUT2D eigenvalue weighted by molar-refractivity contribution is 6.47. The number of anilines is 2. The standard InChI is InChI=1S/C18H14Cl2N2O3/c1-21(2)11-4-6-12(7-5-11)22-17(24)15(16(23)18(22)25)13-8-3-10(19)9-14(13)20/h3-9,23H,1-2H3. The number of hydrogen-bond acceptors (Lipinski definition) is 4. The summed E-state index contributed by atoms with van der Waals surface area (Å²) in [5.41, 5.74) is 1.41. The Hall–Kier alpha value is -2.50. The fraction of sp³-hybridized carbons (Fsp3) is 0.111. The number of aliphatic hydroxyl groups is 1. The van der Waals surface area contributed by atoms with Gasteiger partial charge >= 0.3 is 5.91 Å². The van der Waals surface area contributed by atoms with Crippen molar-refractivity contribution in [2.75, 3.05) is 23.9 Å². The Morgan fingerprint density at radius 3 is 2.16 bits per heavy atom. The van der Waals surface area contributed by atoms with Gasteiger partial charge in [-0.15, -0.1) is 0 Å². The van der Waals surface area contributed by atoms with Crippen LogP contribution >= 0.6 is 23.2 Å². The van der Waals surface area contributed by atoms with Crippen LogP contribution in [0.3, 0.4) is 0 Å². The van der Waals surface area contributed by atoms with Crippen LogP contribution < -0.4 is 9.80 Å². The summed E-state index contributed by atoms with van der Waals surface area (Å²) in [6, 6.07) is 11.3. The van der Waals surface area contributed by atoms with Crippen LogP contribution in [-0.4, -0.2) is 31.0 Å². The maximum atomic E-state index is 12.8. The first-order valence-electron chi connectivity index (χ1n) is 7.36. The Balaban J connectivity index is 2.01. The number of imide groups is 1. The molecule has 5 nitrogen and oxygen atoms in total. The summed E-state index contributed by atoms with van der Waals surface area (Å²) < 4.78 is 0. The molecule has 1 aliphatic rings. The Bertz CT molecular complexity index is 905. The van der Waals surface area contributed by atoms with Crippen molar-refractivity contribution in [1.82, 2.24) is 0 Å². The lowest BCUT2D eigenvalue weighted by Crippen LogP contribution is -2.31. The molecule has 0 unspecified atom stereocenters. The van der Waals surface area contributed by atoms with E-state index in [-0.39, 0.29) is 16.2 Å². The number of carbonyl (C=O) groups is 2. The average molecular weight is 377 g/mol. The highest BCUT2D eigenvalue weighted by Crippen LogP contribution is 2.36. The second kappa shape index (κ2) is 6.43. The normalized spacial score (nSPS) is 14.5. The zero-order valence-corrected chi connectivity index (χ0v) is 15.0. The topological polar surface area (TPSA) is 60.9 Å². The van der Waals surface area contributed by atoms with Crippen LogP contribution in [0.2, 0.25) is 10.0 Å². The number of nitrogens with zero attached hydrogens (tertiary/aromatic N) is 2. The summed E-state index contributed by atoms with van der Waals surface area (Å²) in [5.74, 6) is -2.06. The van der Waals surface area contributed by atoms with Gasteiger partial charge in [-0.05, 0) is 36.4 Å². The van der Waals surface area contributed by atoms with Crippen molar-refractivity contribution in [3.63, 3.8) is 0 Å². The minimum absolute atomic E-state index is 0.136. The molecule has 128 valence electrons. The third-order valence-corrected chi connectivity index (χ3v) is 4.43. The molecule has 2 aromatic carbocycles. The molecule has 1 aliphatic heterocycles. The smallest absolute Gasteiger partial charge is 0.301 e. The minimum Gasteiger partial charge on any atom is -0.502 e. The molecule has 1 heterocycles. The lowest BCUT2D eigenvalue weighted by atomic mass is 10.1. The highest BCUT2D eigenvalue weighted by atomic mass is 35.5. The number of aliphatic hydroxyl groups excluding tert-OH is 1. The second-order valence-electron chi connectivity index (χ2n) is 5.70. The Labute approximate surface area is 154 Å². The summed E-state index contributed by atoms with van der Waals surface area (Å²) in [6.07, 6.45) is 0. The first-order valence-corrected chi connectivity index (χ1v) is 8.11. The summed E-state index contributed by atoms with van der Waals surface area (Å²) >= 11 is 12.0. The lowest BCUT2D eigenvalue weighted by molar-refractivity contribution is -0.121. The zero-order valence-electron chi connectivity index (χ0n) is 13.5. The Kier molecular flexibility index (Phi) is 4.45. The fourth-order valence-corrected chi connectivity index (χ4v) is 3.09. The molecule has 3 rings (SSSR count). The van der Waals surface area contributed by atoms with E-state index in [1.807, 2.05) is 19.0 Å². The van der Waals surface area contributed by atoms with Gasteiger partial charge in [-0.1, -0.05) is 29.3 Å². The quantitative estimate of drug-likeness (QED) is 0.825. The summed E-state index contributed by atoms with van der Waals surface area (Å²) in [5, 5.41) is 10.8. The zero-order chi connectivity index (χ0) is 18.3. The fourth-order valence-electron chi connectivity index (χ4n) is 2.59. The van der Waals surface area contributed by atoms with Crippen LogP contribution in [0.1, 0.15) is 5.56 Å². The van der Waals surface area contributed by atoms with Crippen molar-refractivity contribution in [2.45, 2.75) is 0 Å². The molecular formula is C18H14Cl2N2O3. The van der Waals surface area contributed by atoms with Gasteiger partial charge in [-0.3, -0.25) is 9.59 Å². The monoisotopic (exact) mass is 376 g/mol. The lowest BCUT2D eigenvalue weighted by Gasteiger charge is -2.17. The van der Waals surface area contributed by atoms with Crippen molar-refractivity contribution in [3.8, 4) is 0 Å². The van der Waals surface area contributed by atoms with Gasteiger partial charge in [0, 0.05) is 30.4 Å². The Morgan fingerprint density at radius 2 is 1.60 bits per heavy atom. The number of carbonyl (C=O) groups excluding carboxylic acids is 2. The SMILES string of the molecule is CN(C)c1ccc(N2C(=O)C(O)=C(c3ccc(Cl)cc3Cl)C2=O)cc1.